The predicted octanol–water partition coefficient (Wildman–Crippen LogP) is 4.05. The van der Waals surface area contributed by atoms with Crippen LogP contribution in [0, 0.1) is 0 Å². The summed E-state index contributed by atoms with van der Waals surface area (Å²) in [7, 11) is 1.58. The topological polar surface area (TPSA) is 72.0 Å². The fraction of sp³-hybridized carbons (Fsp3) is 0.318. The Labute approximate surface area is 176 Å². The van der Waals surface area contributed by atoms with Crippen molar-refractivity contribution in [3.8, 4) is 11.5 Å². The molecule has 2 aromatic rings. The molecule has 1 aliphatic rings. The maximum absolute atomic E-state index is 12.3. The summed E-state index contributed by atoms with van der Waals surface area (Å²) in [5, 5.41) is 7.99. The normalized spacial score (nSPS) is 14.4. The van der Waals surface area contributed by atoms with Gasteiger partial charge in [0, 0.05) is 6.04 Å². The second-order valence-electron chi connectivity index (χ2n) is 6.87. The third-order valence-electron chi connectivity index (χ3n) is 4.71. The average molecular weight is 412 g/mol. The molecule has 1 fully saturated rings. The lowest BCUT2D eigenvalue weighted by molar-refractivity contribution is 0.0734. The number of nitrogens with zero attached hydrogens (tertiary/aromatic N) is 1. The summed E-state index contributed by atoms with van der Waals surface area (Å²) in [4.78, 5) is 12.3. The minimum Gasteiger partial charge on any atom is -0.497 e. The molecule has 0 heterocycles. The number of hydrogen-bond donors (Lipinski definition) is 2. The van der Waals surface area contributed by atoms with Gasteiger partial charge in [0.25, 0.3) is 0 Å². The Morgan fingerprint density at radius 1 is 1.10 bits per heavy atom. The number of nitrogens with one attached hydrogen (secondary N) is 2. The number of esters is 1. The molecule has 0 spiro atoms. The van der Waals surface area contributed by atoms with Crippen molar-refractivity contribution in [1.82, 2.24) is 10.7 Å². The fourth-order valence-corrected chi connectivity index (χ4v) is 3.40. The Morgan fingerprint density at radius 2 is 1.86 bits per heavy atom. The Morgan fingerprint density at radius 3 is 2.59 bits per heavy atom. The molecule has 0 aromatic heterocycles. The predicted molar refractivity (Wildman–Crippen MR) is 118 cm³/mol. The second kappa shape index (κ2) is 10.6. The van der Waals surface area contributed by atoms with Gasteiger partial charge in [0.1, 0.15) is 11.5 Å². The lowest BCUT2D eigenvalue weighted by Crippen LogP contribution is -2.40. The molecule has 3 rings (SSSR count). The SMILES string of the molecule is COc1ccc(C(=O)Oc2cccc(C=NNC(=S)NC3CCCCC3)c2)cc1. The standard InChI is InChI=1S/C22H25N3O3S/c1-27-19-12-10-17(11-13-19)21(26)28-20-9-5-6-16(14-20)15-23-25-22(29)24-18-7-3-2-4-8-18/h5-6,9-15,18H,2-4,7-8H2,1H3,(H2,24,25,29). The van der Waals surface area contributed by atoms with Gasteiger partial charge in [0.15, 0.2) is 5.11 Å². The molecule has 2 N–H and O–H groups in total. The van der Waals surface area contributed by atoms with Crippen molar-refractivity contribution in [2.45, 2.75) is 38.1 Å². The summed E-state index contributed by atoms with van der Waals surface area (Å²) in [5.74, 6) is 0.693. The number of hydrogen-bond acceptors (Lipinski definition) is 5. The molecule has 0 atom stereocenters. The number of hydrazone groups is 1. The average Bonchev–Trinajstić information content (AvgIpc) is 2.75. The molecular weight excluding hydrogens is 386 g/mol. The van der Waals surface area contributed by atoms with E-state index in [-0.39, 0.29) is 0 Å². The van der Waals surface area contributed by atoms with Gasteiger partial charge in [-0.15, -0.1) is 0 Å². The molecule has 0 unspecified atom stereocenters. The van der Waals surface area contributed by atoms with Crippen LogP contribution in [0.25, 0.3) is 0 Å². The Kier molecular flexibility index (Phi) is 7.58. The van der Waals surface area contributed by atoms with Gasteiger partial charge in [-0.1, -0.05) is 31.4 Å². The Bertz CT molecular complexity index is 862. The Hall–Kier alpha value is -2.93. The maximum atomic E-state index is 12.3. The Balaban J connectivity index is 1.52. The van der Waals surface area contributed by atoms with Gasteiger partial charge in [-0.05, 0) is 67.0 Å². The first kappa shape index (κ1) is 20.8. The molecule has 0 bridgehead atoms. The summed E-state index contributed by atoms with van der Waals surface area (Å²) in [6, 6.07) is 14.3. The molecular formula is C22H25N3O3S. The highest BCUT2D eigenvalue weighted by Crippen LogP contribution is 2.18. The highest BCUT2D eigenvalue weighted by atomic mass is 32.1. The van der Waals surface area contributed by atoms with Gasteiger partial charge < -0.3 is 14.8 Å². The van der Waals surface area contributed by atoms with E-state index in [1.165, 1.54) is 19.3 Å². The van der Waals surface area contributed by atoms with Crippen LogP contribution in [0.5, 0.6) is 11.5 Å². The molecule has 2 aromatic carbocycles. The zero-order valence-corrected chi connectivity index (χ0v) is 17.2. The van der Waals surface area contributed by atoms with Gasteiger partial charge in [-0.2, -0.15) is 5.10 Å². The molecule has 0 saturated heterocycles. The lowest BCUT2D eigenvalue weighted by atomic mass is 9.96. The number of thiocarbonyl (C=S) groups is 1. The minimum absolute atomic E-state index is 0.430. The minimum atomic E-state index is -0.433. The quantitative estimate of drug-likeness (QED) is 0.246. The zero-order chi connectivity index (χ0) is 20.5. The first-order chi connectivity index (χ1) is 14.1. The van der Waals surface area contributed by atoms with Crippen molar-refractivity contribution >= 4 is 29.5 Å². The van der Waals surface area contributed by atoms with Crippen molar-refractivity contribution in [2.75, 3.05) is 7.11 Å². The van der Waals surface area contributed by atoms with Gasteiger partial charge >= 0.3 is 5.97 Å². The molecule has 0 radical (unpaired) electrons. The van der Waals surface area contributed by atoms with Crippen LogP contribution in [0.2, 0.25) is 0 Å². The third-order valence-corrected chi connectivity index (χ3v) is 4.92. The van der Waals surface area contributed by atoms with Gasteiger partial charge in [0.2, 0.25) is 0 Å². The fourth-order valence-electron chi connectivity index (χ4n) is 3.18. The molecule has 0 amide bonds. The molecule has 29 heavy (non-hydrogen) atoms. The van der Waals surface area contributed by atoms with Crippen molar-refractivity contribution in [1.29, 1.82) is 0 Å². The molecule has 1 aliphatic carbocycles. The van der Waals surface area contributed by atoms with Crippen molar-refractivity contribution in [2.24, 2.45) is 5.10 Å². The number of rotatable bonds is 6. The van der Waals surface area contributed by atoms with E-state index in [2.05, 4.69) is 15.8 Å². The second-order valence-corrected chi connectivity index (χ2v) is 7.28. The number of ether oxygens (including phenoxy) is 2. The summed E-state index contributed by atoms with van der Waals surface area (Å²) >= 11 is 5.29. The van der Waals surface area contributed by atoms with Crippen LogP contribution in [-0.4, -0.2) is 30.4 Å². The maximum Gasteiger partial charge on any atom is 0.343 e. The zero-order valence-electron chi connectivity index (χ0n) is 16.4. The summed E-state index contributed by atoms with van der Waals surface area (Å²) in [6.45, 7) is 0. The monoisotopic (exact) mass is 411 g/mol. The first-order valence-corrected chi connectivity index (χ1v) is 10.1. The van der Waals surface area contributed by atoms with E-state index < -0.39 is 5.97 Å². The van der Waals surface area contributed by atoms with Crippen LogP contribution in [-0.2, 0) is 0 Å². The van der Waals surface area contributed by atoms with Crippen LogP contribution < -0.4 is 20.2 Å². The molecule has 1 saturated carbocycles. The number of carbonyl (C=O) groups is 1. The number of benzene rings is 2. The number of carbonyl (C=O) groups excluding carboxylic acids is 1. The summed E-state index contributed by atoms with van der Waals surface area (Å²) in [6.07, 6.45) is 7.72. The van der Waals surface area contributed by atoms with Gasteiger partial charge in [-0.3, -0.25) is 5.43 Å². The summed E-state index contributed by atoms with van der Waals surface area (Å²) in [5.41, 5.74) is 4.09. The summed E-state index contributed by atoms with van der Waals surface area (Å²) < 4.78 is 10.5. The van der Waals surface area contributed by atoms with Crippen LogP contribution in [0.4, 0.5) is 0 Å². The van der Waals surface area contributed by atoms with Gasteiger partial charge in [-0.25, -0.2) is 4.79 Å². The van der Waals surface area contributed by atoms with Crippen molar-refractivity contribution < 1.29 is 14.3 Å². The lowest BCUT2D eigenvalue weighted by Gasteiger charge is -2.23. The molecule has 6 nitrogen and oxygen atoms in total. The van der Waals surface area contributed by atoms with E-state index in [0.29, 0.717) is 28.2 Å². The largest absolute Gasteiger partial charge is 0.497 e. The van der Waals surface area contributed by atoms with Crippen LogP contribution in [0.15, 0.2) is 53.6 Å². The molecule has 0 aliphatic heterocycles. The van der Waals surface area contributed by atoms with Gasteiger partial charge in [0.05, 0.1) is 18.9 Å². The first-order valence-electron chi connectivity index (χ1n) is 9.70. The smallest absolute Gasteiger partial charge is 0.343 e. The van der Waals surface area contributed by atoms with E-state index in [1.807, 2.05) is 6.07 Å². The van der Waals surface area contributed by atoms with Crippen LogP contribution in [0.1, 0.15) is 48.0 Å². The van der Waals surface area contributed by atoms with Crippen molar-refractivity contribution in [3.63, 3.8) is 0 Å². The van der Waals surface area contributed by atoms with E-state index in [0.717, 1.165) is 18.4 Å². The highest BCUT2D eigenvalue weighted by molar-refractivity contribution is 7.80. The number of methoxy groups -OCH3 is 1. The van der Waals surface area contributed by atoms with Crippen LogP contribution in [0.3, 0.4) is 0 Å². The van der Waals surface area contributed by atoms with Crippen LogP contribution >= 0.6 is 12.2 Å². The molecule has 7 heteroatoms. The van der Waals surface area contributed by atoms with E-state index >= 15 is 0 Å². The van der Waals surface area contributed by atoms with E-state index in [9.17, 15) is 4.79 Å². The highest BCUT2D eigenvalue weighted by Gasteiger charge is 2.13. The van der Waals surface area contributed by atoms with E-state index in [4.69, 9.17) is 21.7 Å². The molecule has 152 valence electrons. The van der Waals surface area contributed by atoms with Crippen molar-refractivity contribution in [3.05, 3.63) is 59.7 Å². The third kappa shape index (κ3) is 6.57. The van der Waals surface area contributed by atoms with E-state index in [1.54, 1.807) is 55.8 Å².